The van der Waals surface area contributed by atoms with Crippen LogP contribution in [0.25, 0.3) is 10.9 Å². The van der Waals surface area contributed by atoms with E-state index in [4.69, 9.17) is 4.74 Å². The van der Waals surface area contributed by atoms with Crippen LogP contribution in [-0.4, -0.2) is 54.0 Å². The maximum Gasteiger partial charge on any atom is 0.245 e. The summed E-state index contributed by atoms with van der Waals surface area (Å²) in [5.41, 5.74) is 1.47. The zero-order valence-corrected chi connectivity index (χ0v) is 14.8. The fourth-order valence-electron chi connectivity index (χ4n) is 3.53. The van der Waals surface area contributed by atoms with Gasteiger partial charge in [-0.3, -0.25) is 9.59 Å². The van der Waals surface area contributed by atoms with Gasteiger partial charge in [-0.05, 0) is 31.4 Å². The van der Waals surface area contributed by atoms with E-state index in [9.17, 15) is 9.59 Å². The molecule has 2 aromatic rings. The molecular formula is C19H25N3O3. The highest BCUT2D eigenvalue weighted by atomic mass is 16.5. The molecule has 134 valence electrons. The fraction of sp³-hybridized carbons (Fsp3) is 0.474. The van der Waals surface area contributed by atoms with Crippen molar-refractivity contribution in [2.45, 2.75) is 31.7 Å². The van der Waals surface area contributed by atoms with Gasteiger partial charge in [0.25, 0.3) is 0 Å². The fourth-order valence-corrected chi connectivity index (χ4v) is 3.53. The quantitative estimate of drug-likeness (QED) is 0.754. The monoisotopic (exact) mass is 343 g/mol. The molecular weight excluding hydrogens is 318 g/mol. The van der Waals surface area contributed by atoms with E-state index in [2.05, 4.69) is 16.4 Å². The lowest BCUT2D eigenvalue weighted by Gasteiger charge is -2.34. The Kier molecular flexibility index (Phi) is 5.08. The maximum atomic E-state index is 12.6. The van der Waals surface area contributed by atoms with Crippen molar-refractivity contribution >= 4 is 22.7 Å². The minimum absolute atomic E-state index is 0.0456. The lowest BCUT2D eigenvalue weighted by atomic mass is 9.97. The highest BCUT2D eigenvalue weighted by molar-refractivity contribution is 5.94. The van der Waals surface area contributed by atoms with Crippen LogP contribution in [0.3, 0.4) is 0 Å². The van der Waals surface area contributed by atoms with E-state index < -0.39 is 5.54 Å². The average Bonchev–Trinajstić information content (AvgIpc) is 3.15. The molecule has 6 heteroatoms. The van der Waals surface area contributed by atoms with Crippen molar-refractivity contribution in [2.75, 3.05) is 26.8 Å². The van der Waals surface area contributed by atoms with Crippen LogP contribution >= 0.6 is 0 Å². The third-order valence-corrected chi connectivity index (χ3v) is 5.08. The molecule has 1 saturated heterocycles. The highest BCUT2D eigenvalue weighted by Crippen LogP contribution is 2.31. The summed E-state index contributed by atoms with van der Waals surface area (Å²) in [4.78, 5) is 30.0. The second kappa shape index (κ2) is 7.27. The highest BCUT2D eigenvalue weighted by Gasteiger charge is 2.46. The second-order valence-corrected chi connectivity index (χ2v) is 6.68. The Morgan fingerprint density at radius 3 is 3.00 bits per heavy atom. The molecule has 1 atom stereocenters. The van der Waals surface area contributed by atoms with Gasteiger partial charge < -0.3 is 19.9 Å². The Morgan fingerprint density at radius 1 is 1.40 bits per heavy atom. The number of aromatic nitrogens is 1. The van der Waals surface area contributed by atoms with Crippen LogP contribution in [0.15, 0.2) is 30.5 Å². The molecule has 0 saturated carbocycles. The van der Waals surface area contributed by atoms with Crippen LogP contribution in [0.4, 0.5) is 0 Å². The minimum Gasteiger partial charge on any atom is -0.383 e. The molecule has 2 heterocycles. The number of carbonyl (C=O) groups excluding carboxylic acids is 2. The summed E-state index contributed by atoms with van der Waals surface area (Å²) in [6.45, 7) is 3.31. The summed E-state index contributed by atoms with van der Waals surface area (Å²) >= 11 is 0. The van der Waals surface area contributed by atoms with E-state index in [1.807, 2.05) is 31.3 Å². The number of nitrogens with one attached hydrogen (secondary N) is 2. The number of likely N-dealkylation sites (tertiary alicyclic amines) is 1. The van der Waals surface area contributed by atoms with Crippen molar-refractivity contribution in [1.82, 2.24) is 15.2 Å². The van der Waals surface area contributed by atoms with E-state index in [-0.39, 0.29) is 11.8 Å². The normalized spacial score (nSPS) is 20.4. The zero-order chi connectivity index (χ0) is 17.9. The topological polar surface area (TPSA) is 74.4 Å². The van der Waals surface area contributed by atoms with Gasteiger partial charge in [0, 0.05) is 43.7 Å². The van der Waals surface area contributed by atoms with Crippen LogP contribution < -0.4 is 5.32 Å². The molecule has 25 heavy (non-hydrogen) atoms. The molecule has 1 aromatic heterocycles. The molecule has 2 N–H and O–H groups in total. The predicted octanol–water partition coefficient (Wildman–Crippen LogP) is 1.85. The van der Waals surface area contributed by atoms with E-state index >= 15 is 0 Å². The smallest absolute Gasteiger partial charge is 0.245 e. The third-order valence-electron chi connectivity index (χ3n) is 5.08. The summed E-state index contributed by atoms with van der Waals surface area (Å²) in [6, 6.07) is 8.11. The Bertz CT molecular complexity index is 770. The summed E-state index contributed by atoms with van der Waals surface area (Å²) in [6.07, 6.45) is 3.68. The van der Waals surface area contributed by atoms with Gasteiger partial charge in [0.05, 0.1) is 6.61 Å². The standard InChI is InChI=1S/C19H25N3O3/c1-19(18(24)20-10-12-25-2)9-7-17(23)22(19)11-8-14-13-21-16-6-4-3-5-15(14)16/h3-6,13,21H,7-12H2,1-2H3,(H,20,24). The zero-order valence-electron chi connectivity index (χ0n) is 14.8. The molecule has 3 rings (SSSR count). The number of fused-ring (bicyclic) bond motifs is 1. The van der Waals surface area contributed by atoms with E-state index in [1.165, 1.54) is 5.39 Å². The number of para-hydroxylation sites is 1. The van der Waals surface area contributed by atoms with E-state index in [1.54, 1.807) is 12.0 Å². The lowest BCUT2D eigenvalue weighted by Crippen LogP contribution is -2.55. The first-order valence-electron chi connectivity index (χ1n) is 8.69. The maximum absolute atomic E-state index is 12.6. The largest absolute Gasteiger partial charge is 0.383 e. The molecule has 2 amide bonds. The molecule has 1 unspecified atom stereocenters. The van der Waals surface area contributed by atoms with Crippen LogP contribution in [0.5, 0.6) is 0 Å². The van der Waals surface area contributed by atoms with Crippen molar-refractivity contribution < 1.29 is 14.3 Å². The van der Waals surface area contributed by atoms with Crippen LogP contribution in [-0.2, 0) is 20.7 Å². The SMILES string of the molecule is COCCNC(=O)C1(C)CCC(=O)N1CCc1c[nH]c2ccccc12. The summed E-state index contributed by atoms with van der Waals surface area (Å²) in [7, 11) is 1.60. The Balaban J connectivity index is 1.70. The van der Waals surface area contributed by atoms with Gasteiger partial charge in [0.2, 0.25) is 11.8 Å². The number of hydrogen-bond acceptors (Lipinski definition) is 3. The number of benzene rings is 1. The Hall–Kier alpha value is -2.34. The van der Waals surface area contributed by atoms with E-state index in [0.29, 0.717) is 32.5 Å². The van der Waals surface area contributed by atoms with Gasteiger partial charge in [0.15, 0.2) is 0 Å². The molecule has 0 radical (unpaired) electrons. The summed E-state index contributed by atoms with van der Waals surface area (Å²) < 4.78 is 4.97. The average molecular weight is 343 g/mol. The molecule has 1 fully saturated rings. The third kappa shape index (κ3) is 3.39. The lowest BCUT2D eigenvalue weighted by molar-refractivity contribution is -0.140. The number of nitrogens with zero attached hydrogens (tertiary/aromatic N) is 1. The van der Waals surface area contributed by atoms with Gasteiger partial charge in [-0.2, -0.15) is 0 Å². The summed E-state index contributed by atoms with van der Waals surface area (Å²) in [5, 5.41) is 4.04. The molecule has 1 aromatic carbocycles. The van der Waals surface area contributed by atoms with Crippen LogP contribution in [0.2, 0.25) is 0 Å². The number of aromatic amines is 1. The predicted molar refractivity (Wildman–Crippen MR) is 96.2 cm³/mol. The second-order valence-electron chi connectivity index (χ2n) is 6.68. The number of hydrogen-bond donors (Lipinski definition) is 2. The first-order chi connectivity index (χ1) is 12.1. The summed E-state index contributed by atoms with van der Waals surface area (Å²) in [5.74, 6) is -0.0569. The van der Waals surface area contributed by atoms with Crippen molar-refractivity contribution in [3.63, 3.8) is 0 Å². The number of amides is 2. The molecule has 1 aliphatic heterocycles. The van der Waals surface area contributed by atoms with Gasteiger partial charge in [-0.1, -0.05) is 18.2 Å². The molecule has 1 aliphatic rings. The number of H-pyrrole nitrogens is 1. The van der Waals surface area contributed by atoms with Crippen molar-refractivity contribution in [1.29, 1.82) is 0 Å². The van der Waals surface area contributed by atoms with Gasteiger partial charge in [-0.15, -0.1) is 0 Å². The van der Waals surface area contributed by atoms with Gasteiger partial charge in [-0.25, -0.2) is 0 Å². The minimum atomic E-state index is -0.781. The van der Waals surface area contributed by atoms with Gasteiger partial charge >= 0.3 is 0 Å². The van der Waals surface area contributed by atoms with Gasteiger partial charge in [0.1, 0.15) is 5.54 Å². The Labute approximate surface area is 147 Å². The number of rotatable bonds is 7. The first-order valence-corrected chi connectivity index (χ1v) is 8.69. The number of carbonyl (C=O) groups is 2. The van der Waals surface area contributed by atoms with Crippen molar-refractivity contribution in [3.8, 4) is 0 Å². The first kappa shape index (κ1) is 17.5. The Morgan fingerprint density at radius 2 is 2.20 bits per heavy atom. The molecule has 0 spiro atoms. The van der Waals surface area contributed by atoms with Crippen molar-refractivity contribution in [2.24, 2.45) is 0 Å². The van der Waals surface area contributed by atoms with Crippen molar-refractivity contribution in [3.05, 3.63) is 36.0 Å². The number of ether oxygens (including phenoxy) is 1. The molecule has 6 nitrogen and oxygen atoms in total. The van der Waals surface area contributed by atoms with E-state index in [0.717, 1.165) is 17.5 Å². The number of methoxy groups -OCH3 is 1. The molecule has 0 bridgehead atoms. The molecule has 0 aliphatic carbocycles. The van der Waals surface area contributed by atoms with Crippen LogP contribution in [0, 0.1) is 0 Å². The van der Waals surface area contributed by atoms with Crippen LogP contribution in [0.1, 0.15) is 25.3 Å².